The first kappa shape index (κ1) is 23.3. The maximum Gasteiger partial charge on any atom is 0.315 e. The predicted octanol–water partition coefficient (Wildman–Crippen LogP) is 1.47. The molecule has 0 aliphatic heterocycles. The Balaban J connectivity index is 1.54. The van der Waals surface area contributed by atoms with E-state index >= 15 is 0 Å². The molecule has 0 aromatic rings. The molecule has 158 valence electrons. The number of ether oxygens (including phenoxy) is 2. The molecule has 0 aromatic heterocycles. The molecule has 2 atom stereocenters. The van der Waals surface area contributed by atoms with Gasteiger partial charge in [-0.05, 0) is 13.8 Å². The van der Waals surface area contributed by atoms with Gasteiger partial charge in [-0.15, -0.1) is 46.4 Å². The molecule has 8 nitrogen and oxygen atoms in total. The van der Waals surface area contributed by atoms with Crippen LogP contribution in [-0.2, 0) is 28.7 Å². The Morgan fingerprint density at radius 1 is 0.750 bits per heavy atom. The highest BCUT2D eigenvalue weighted by atomic mass is 35.5. The molecule has 2 saturated carbocycles. The van der Waals surface area contributed by atoms with Crippen molar-refractivity contribution in [1.82, 2.24) is 10.6 Å². The minimum atomic E-state index is -1.17. The summed E-state index contributed by atoms with van der Waals surface area (Å²) in [5.74, 6) is -2.39. The Hall–Kier alpha value is -0.960. The summed E-state index contributed by atoms with van der Waals surface area (Å²) in [6.45, 7) is 2.32. The van der Waals surface area contributed by atoms with Gasteiger partial charge in [-0.2, -0.15) is 0 Å². The van der Waals surface area contributed by atoms with Gasteiger partial charge in [-0.3, -0.25) is 19.2 Å². The molecule has 2 rings (SSSR count). The zero-order valence-corrected chi connectivity index (χ0v) is 18.2. The zero-order chi connectivity index (χ0) is 21.4. The van der Waals surface area contributed by atoms with Gasteiger partial charge in [0.15, 0.2) is 13.2 Å². The lowest BCUT2D eigenvalue weighted by Gasteiger charge is -2.13. The number of amides is 2. The Kier molecular flexibility index (Phi) is 6.70. The second-order valence-electron chi connectivity index (χ2n) is 7.28. The van der Waals surface area contributed by atoms with E-state index in [0.717, 1.165) is 0 Å². The lowest BCUT2D eigenvalue weighted by molar-refractivity contribution is -0.154. The van der Waals surface area contributed by atoms with E-state index in [1.807, 2.05) is 0 Å². The van der Waals surface area contributed by atoms with Crippen molar-refractivity contribution in [2.75, 3.05) is 26.3 Å². The number of carbonyl (C=O) groups excluding carboxylic acids is 4. The molecule has 0 radical (unpaired) electrons. The standard InChI is InChI=1S/C16H20Cl4N2O6/c1-13(7-15(13,17)18)11(25)27-5-9(23)21-3-4-22-10(24)6-28-12(26)14(2)8-16(14,19)20/h3-8H2,1-2H3,(H,21,23)(H,22,24). The topological polar surface area (TPSA) is 111 Å². The fraction of sp³-hybridized carbons (Fsp3) is 0.750. The molecule has 0 heterocycles. The number of hydrogen-bond donors (Lipinski definition) is 2. The van der Waals surface area contributed by atoms with Crippen LogP contribution in [0.1, 0.15) is 26.7 Å². The van der Waals surface area contributed by atoms with Crippen LogP contribution >= 0.6 is 46.4 Å². The van der Waals surface area contributed by atoms with Crippen LogP contribution in [0, 0.1) is 10.8 Å². The Bertz CT molecular complexity index is 643. The largest absolute Gasteiger partial charge is 0.455 e. The third kappa shape index (κ3) is 4.96. The second kappa shape index (κ2) is 8.05. The van der Waals surface area contributed by atoms with Gasteiger partial charge in [-0.1, -0.05) is 0 Å². The first-order valence-electron chi connectivity index (χ1n) is 8.39. The van der Waals surface area contributed by atoms with Gasteiger partial charge in [0.05, 0.1) is 0 Å². The number of nitrogens with one attached hydrogen (secondary N) is 2. The summed E-state index contributed by atoms with van der Waals surface area (Å²) >= 11 is 23.4. The predicted molar refractivity (Wildman–Crippen MR) is 102 cm³/mol. The van der Waals surface area contributed by atoms with Gasteiger partial charge < -0.3 is 20.1 Å². The summed E-state index contributed by atoms with van der Waals surface area (Å²) in [5, 5.41) is 4.91. The second-order valence-corrected chi connectivity index (χ2v) is 10.2. The average molecular weight is 478 g/mol. The number of rotatable bonds is 9. The average Bonchev–Trinajstić information content (AvgIpc) is 3.34. The molecule has 2 aliphatic rings. The monoisotopic (exact) mass is 476 g/mol. The van der Waals surface area contributed by atoms with Crippen molar-refractivity contribution in [3.8, 4) is 0 Å². The normalized spacial score (nSPS) is 28.6. The van der Waals surface area contributed by atoms with E-state index in [1.54, 1.807) is 13.8 Å². The van der Waals surface area contributed by atoms with E-state index in [-0.39, 0.29) is 25.9 Å². The van der Waals surface area contributed by atoms with Gasteiger partial charge in [0.2, 0.25) is 0 Å². The van der Waals surface area contributed by atoms with Crippen LogP contribution in [0.5, 0.6) is 0 Å². The molecule has 28 heavy (non-hydrogen) atoms. The van der Waals surface area contributed by atoms with Crippen LogP contribution in [0.3, 0.4) is 0 Å². The minimum absolute atomic E-state index is 0.0898. The molecule has 0 bridgehead atoms. The van der Waals surface area contributed by atoms with Gasteiger partial charge in [0.25, 0.3) is 11.8 Å². The fourth-order valence-electron chi connectivity index (χ4n) is 2.33. The molecule has 0 saturated heterocycles. The minimum Gasteiger partial charge on any atom is -0.455 e. The maximum absolute atomic E-state index is 11.8. The van der Waals surface area contributed by atoms with E-state index < -0.39 is 56.5 Å². The lowest BCUT2D eigenvalue weighted by Crippen LogP contribution is -2.38. The van der Waals surface area contributed by atoms with Crippen LogP contribution in [0.4, 0.5) is 0 Å². The third-order valence-corrected chi connectivity index (χ3v) is 7.06. The van der Waals surface area contributed by atoms with E-state index in [1.165, 1.54) is 0 Å². The number of carbonyl (C=O) groups is 4. The summed E-state index contributed by atoms with van der Waals surface area (Å²) in [4.78, 5) is 46.9. The highest BCUT2D eigenvalue weighted by Crippen LogP contribution is 2.64. The van der Waals surface area contributed by atoms with Crippen molar-refractivity contribution in [3.05, 3.63) is 0 Å². The Morgan fingerprint density at radius 2 is 1.04 bits per heavy atom. The van der Waals surface area contributed by atoms with Crippen molar-refractivity contribution in [1.29, 1.82) is 0 Å². The maximum atomic E-state index is 11.8. The summed E-state index contributed by atoms with van der Waals surface area (Å²) in [6.07, 6.45) is 0.520. The number of esters is 2. The van der Waals surface area contributed by atoms with Gasteiger partial charge in [-0.25, -0.2) is 0 Å². The first-order chi connectivity index (χ1) is 12.8. The van der Waals surface area contributed by atoms with Gasteiger partial charge in [0.1, 0.15) is 19.5 Å². The fourth-order valence-corrected chi connectivity index (χ4v) is 3.71. The van der Waals surface area contributed by atoms with Gasteiger partial charge >= 0.3 is 11.9 Å². The van der Waals surface area contributed by atoms with Crippen molar-refractivity contribution in [3.63, 3.8) is 0 Å². The molecule has 2 fully saturated rings. The number of hydrogen-bond acceptors (Lipinski definition) is 6. The molecule has 2 N–H and O–H groups in total. The zero-order valence-electron chi connectivity index (χ0n) is 15.2. The van der Waals surface area contributed by atoms with Crippen LogP contribution in [0.25, 0.3) is 0 Å². The van der Waals surface area contributed by atoms with Gasteiger partial charge in [0, 0.05) is 25.9 Å². The summed E-state index contributed by atoms with van der Waals surface area (Å²) in [7, 11) is 0. The molecule has 0 spiro atoms. The summed E-state index contributed by atoms with van der Waals surface area (Å²) < 4.78 is 7.42. The molecule has 2 aliphatic carbocycles. The highest BCUT2D eigenvalue weighted by molar-refractivity contribution is 6.53. The van der Waals surface area contributed by atoms with Crippen LogP contribution < -0.4 is 10.6 Å². The third-order valence-electron chi connectivity index (χ3n) is 4.85. The molecular weight excluding hydrogens is 458 g/mol. The molecule has 0 aromatic carbocycles. The van der Waals surface area contributed by atoms with Crippen LogP contribution in [0.15, 0.2) is 0 Å². The van der Waals surface area contributed by atoms with E-state index in [4.69, 9.17) is 55.9 Å². The molecule has 2 amide bonds. The quantitative estimate of drug-likeness (QED) is 0.295. The smallest absolute Gasteiger partial charge is 0.315 e. The lowest BCUT2D eigenvalue weighted by atomic mass is 10.1. The number of alkyl halides is 4. The number of halogens is 4. The van der Waals surface area contributed by atoms with E-state index in [0.29, 0.717) is 0 Å². The summed E-state index contributed by atoms with van der Waals surface area (Å²) in [6, 6.07) is 0. The van der Waals surface area contributed by atoms with Crippen molar-refractivity contribution >= 4 is 70.2 Å². The van der Waals surface area contributed by atoms with E-state index in [2.05, 4.69) is 10.6 Å². The van der Waals surface area contributed by atoms with E-state index in [9.17, 15) is 19.2 Å². The van der Waals surface area contributed by atoms with Crippen molar-refractivity contribution in [2.45, 2.75) is 35.4 Å². The Morgan fingerprint density at radius 3 is 1.29 bits per heavy atom. The Labute approximate surface area is 181 Å². The summed E-state index contributed by atoms with van der Waals surface area (Å²) in [5.41, 5.74) is -2.02. The first-order valence-corrected chi connectivity index (χ1v) is 9.90. The highest BCUT2D eigenvalue weighted by Gasteiger charge is 2.69. The SMILES string of the molecule is CC1(C(=O)OCC(=O)NCCNC(=O)COC(=O)C2(C)CC2(Cl)Cl)CC1(Cl)Cl. The van der Waals surface area contributed by atoms with Crippen molar-refractivity contribution < 1.29 is 28.7 Å². The molecule has 2 unspecified atom stereocenters. The van der Waals surface area contributed by atoms with Crippen LogP contribution in [-0.4, -0.2) is 58.7 Å². The molecular formula is C16H20Cl4N2O6. The molecule has 12 heteroatoms. The van der Waals surface area contributed by atoms with Crippen molar-refractivity contribution in [2.24, 2.45) is 10.8 Å². The van der Waals surface area contributed by atoms with Crippen LogP contribution in [0.2, 0.25) is 0 Å².